The van der Waals surface area contributed by atoms with Gasteiger partial charge < -0.3 is 10.2 Å². The van der Waals surface area contributed by atoms with Crippen molar-refractivity contribution < 1.29 is 10.2 Å². The van der Waals surface area contributed by atoms with Gasteiger partial charge in [0.2, 0.25) is 0 Å². The van der Waals surface area contributed by atoms with Crippen LogP contribution in [0.15, 0.2) is 59.9 Å². The highest BCUT2D eigenvalue weighted by Crippen LogP contribution is 2.28. The van der Waals surface area contributed by atoms with Gasteiger partial charge in [0.25, 0.3) is 0 Å². The molecule has 132 valence electrons. The zero-order valence-electron chi connectivity index (χ0n) is 13.7. The summed E-state index contributed by atoms with van der Waals surface area (Å²) in [4.78, 5) is 4.69. The van der Waals surface area contributed by atoms with Gasteiger partial charge in [-0.2, -0.15) is 5.26 Å². The predicted molar refractivity (Wildman–Crippen MR) is 110 cm³/mol. The fourth-order valence-electron chi connectivity index (χ4n) is 2.33. The Kier molecular flexibility index (Phi) is 6.32. The maximum absolute atomic E-state index is 9.66. The number of thioether (sulfide) groups is 1. The molecule has 2 aromatic carbocycles. The molecule has 0 bridgehead atoms. The fourth-order valence-corrected chi connectivity index (χ4v) is 3.60. The summed E-state index contributed by atoms with van der Waals surface area (Å²) in [5.74, 6) is 0.352. The maximum atomic E-state index is 9.66. The Labute approximate surface area is 169 Å². The molecule has 0 spiro atoms. The normalized spacial score (nSPS) is 11.9. The predicted octanol–water partition coefficient (Wildman–Crippen LogP) is 3.46. The number of rotatable bonds is 6. The molecule has 0 saturated carbocycles. The van der Waals surface area contributed by atoms with Gasteiger partial charge >= 0.3 is 0 Å². The van der Waals surface area contributed by atoms with Gasteiger partial charge in [-0.1, -0.05) is 23.9 Å². The first kappa shape index (κ1) is 18.9. The van der Waals surface area contributed by atoms with Crippen LogP contribution in [-0.4, -0.2) is 38.2 Å². The van der Waals surface area contributed by atoms with Crippen molar-refractivity contribution in [1.29, 1.82) is 5.26 Å². The van der Waals surface area contributed by atoms with E-state index in [1.807, 2.05) is 47.2 Å². The lowest BCUT2D eigenvalue weighted by molar-refractivity contribution is 0.113. The quantitative estimate of drug-likeness (QED) is 0.420. The lowest BCUT2D eigenvalue weighted by Gasteiger charge is -2.09. The number of nitriles is 1. The van der Waals surface area contributed by atoms with Gasteiger partial charge in [-0.05, 0) is 59.0 Å². The average Bonchev–Trinajstić information content (AvgIpc) is 3.11. The molecule has 0 radical (unpaired) electrons. The summed E-state index contributed by atoms with van der Waals surface area (Å²) in [5.41, 5.74) is 3.28. The number of hydrogen-bond acceptors (Lipinski definition) is 5. The van der Waals surface area contributed by atoms with Crippen molar-refractivity contribution in [3.05, 3.63) is 63.9 Å². The molecule has 0 aliphatic rings. The number of nitrogens with zero attached hydrogens (tertiary/aromatic N) is 3. The Balaban J connectivity index is 1.98. The van der Waals surface area contributed by atoms with Crippen molar-refractivity contribution in [2.75, 3.05) is 12.4 Å². The Morgan fingerprint density at radius 3 is 2.46 bits per heavy atom. The van der Waals surface area contributed by atoms with E-state index in [9.17, 15) is 5.11 Å². The zero-order chi connectivity index (χ0) is 18.5. The third-order valence-electron chi connectivity index (χ3n) is 3.70. The molecule has 0 saturated heterocycles. The Hall–Kier alpha value is -1.86. The fraction of sp³-hybridized carbons (Fsp3) is 0.158. The van der Waals surface area contributed by atoms with Crippen LogP contribution in [0.5, 0.6) is 0 Å². The third-order valence-corrected chi connectivity index (χ3v) is 5.52. The molecule has 0 amide bonds. The Morgan fingerprint density at radius 1 is 1.15 bits per heavy atom. The molecule has 0 fully saturated rings. The highest BCUT2D eigenvalue weighted by atomic mass is 127. The van der Waals surface area contributed by atoms with Crippen LogP contribution >= 0.6 is 34.4 Å². The first-order valence-electron chi connectivity index (χ1n) is 7.88. The summed E-state index contributed by atoms with van der Waals surface area (Å²) in [6, 6.07) is 17.5. The number of halogens is 1. The summed E-state index contributed by atoms with van der Waals surface area (Å²) in [6.07, 6.45) is 1.15. The topological polar surface area (TPSA) is 82.1 Å². The molecule has 26 heavy (non-hydrogen) atoms. The van der Waals surface area contributed by atoms with E-state index in [1.165, 1.54) is 11.8 Å². The van der Waals surface area contributed by atoms with Crippen molar-refractivity contribution in [1.82, 2.24) is 9.55 Å². The minimum Gasteiger partial charge on any atom is -0.394 e. The van der Waals surface area contributed by atoms with E-state index < -0.39 is 6.10 Å². The summed E-state index contributed by atoms with van der Waals surface area (Å²) in [7, 11) is 0. The van der Waals surface area contributed by atoms with E-state index >= 15 is 0 Å². The molecule has 3 rings (SSSR count). The second kappa shape index (κ2) is 8.68. The molecule has 1 aromatic heterocycles. The summed E-state index contributed by atoms with van der Waals surface area (Å²) in [5, 5.41) is 28.4. The molecule has 7 heteroatoms. The van der Waals surface area contributed by atoms with E-state index in [0.717, 1.165) is 25.7 Å². The zero-order valence-corrected chi connectivity index (χ0v) is 16.7. The summed E-state index contributed by atoms with van der Waals surface area (Å²) < 4.78 is 3.11. The molecule has 1 heterocycles. The van der Waals surface area contributed by atoms with E-state index in [2.05, 4.69) is 33.6 Å². The second-order valence-electron chi connectivity index (χ2n) is 5.59. The highest BCUT2D eigenvalue weighted by Gasteiger charge is 2.14. The van der Waals surface area contributed by atoms with E-state index in [-0.39, 0.29) is 6.61 Å². The van der Waals surface area contributed by atoms with E-state index in [1.54, 1.807) is 12.1 Å². The number of aliphatic hydroxyl groups is 2. The maximum Gasteiger partial charge on any atom is 0.173 e. The van der Waals surface area contributed by atoms with Crippen molar-refractivity contribution in [2.45, 2.75) is 11.3 Å². The first-order valence-corrected chi connectivity index (χ1v) is 9.94. The molecule has 1 atom stereocenters. The number of benzene rings is 2. The monoisotopic (exact) mass is 477 g/mol. The van der Waals surface area contributed by atoms with Crippen LogP contribution in [0.1, 0.15) is 5.56 Å². The summed E-state index contributed by atoms with van der Waals surface area (Å²) in [6.45, 7) is -0.278. The number of aromatic nitrogens is 2. The second-order valence-corrected chi connectivity index (χ2v) is 7.82. The molecule has 2 N–H and O–H groups in total. The highest BCUT2D eigenvalue weighted by molar-refractivity contribution is 14.1. The van der Waals surface area contributed by atoms with Crippen LogP contribution in [-0.2, 0) is 0 Å². The lowest BCUT2D eigenvalue weighted by atomic mass is 10.1. The Morgan fingerprint density at radius 2 is 1.85 bits per heavy atom. The van der Waals surface area contributed by atoms with Crippen LogP contribution in [0.4, 0.5) is 0 Å². The molecule has 1 unspecified atom stereocenters. The van der Waals surface area contributed by atoms with Crippen LogP contribution in [0.3, 0.4) is 0 Å². The van der Waals surface area contributed by atoms with Gasteiger partial charge in [0.1, 0.15) is 0 Å². The number of aliphatic hydroxyl groups excluding tert-OH is 2. The number of hydrogen-bond donors (Lipinski definition) is 2. The van der Waals surface area contributed by atoms with Gasteiger partial charge in [0.15, 0.2) is 5.16 Å². The van der Waals surface area contributed by atoms with Crippen molar-refractivity contribution >= 4 is 34.4 Å². The molecular formula is C19H16IN3O2S. The molecule has 0 aliphatic carbocycles. The third kappa shape index (κ3) is 4.45. The molecular weight excluding hydrogens is 461 g/mol. The smallest absolute Gasteiger partial charge is 0.173 e. The molecule has 5 nitrogen and oxygen atoms in total. The van der Waals surface area contributed by atoms with Gasteiger partial charge in [0, 0.05) is 26.8 Å². The lowest BCUT2D eigenvalue weighted by Crippen LogP contribution is -2.15. The van der Waals surface area contributed by atoms with Crippen molar-refractivity contribution in [3.8, 4) is 23.0 Å². The van der Waals surface area contributed by atoms with Crippen LogP contribution in [0.25, 0.3) is 16.9 Å². The van der Waals surface area contributed by atoms with E-state index in [0.29, 0.717) is 11.3 Å². The van der Waals surface area contributed by atoms with Crippen molar-refractivity contribution in [2.24, 2.45) is 0 Å². The van der Waals surface area contributed by atoms with Gasteiger partial charge in [0.05, 0.1) is 30.0 Å². The largest absolute Gasteiger partial charge is 0.394 e. The summed E-state index contributed by atoms with van der Waals surface area (Å²) >= 11 is 3.65. The minimum atomic E-state index is -0.791. The van der Waals surface area contributed by atoms with Gasteiger partial charge in [-0.3, -0.25) is 4.57 Å². The van der Waals surface area contributed by atoms with Crippen molar-refractivity contribution in [3.63, 3.8) is 0 Å². The van der Waals surface area contributed by atoms with E-state index in [4.69, 9.17) is 10.4 Å². The first-order chi connectivity index (χ1) is 12.6. The standard InChI is InChI=1S/C19H16IN3O2S/c20-15-5-7-16(8-6-15)23-10-18(14-3-1-13(9-21)2-4-14)22-19(23)26-12-17(25)11-24/h1-8,10,17,24-25H,11-12H2. The van der Waals surface area contributed by atoms with Gasteiger partial charge in [-0.25, -0.2) is 4.98 Å². The average molecular weight is 477 g/mol. The van der Waals surface area contributed by atoms with Crippen LogP contribution in [0, 0.1) is 14.9 Å². The van der Waals surface area contributed by atoms with Gasteiger partial charge in [-0.15, -0.1) is 0 Å². The van der Waals surface area contributed by atoms with Crippen LogP contribution in [0.2, 0.25) is 0 Å². The van der Waals surface area contributed by atoms with Crippen LogP contribution < -0.4 is 0 Å². The minimum absolute atomic E-state index is 0.278. The number of imidazole rings is 1. The Bertz CT molecular complexity index is 917. The molecule has 3 aromatic rings. The SMILES string of the molecule is N#Cc1ccc(-c2cn(-c3ccc(I)cc3)c(SCC(O)CO)n2)cc1. The molecule has 0 aliphatic heterocycles.